The normalized spacial score (nSPS) is 14.8. The minimum atomic E-state index is 0. The molecular formula is C19H30IN7. The van der Waals surface area contributed by atoms with Crippen LogP contribution < -0.4 is 10.2 Å². The fraction of sp³-hybridized carbons (Fsp3) is 0.526. The first-order valence-electron chi connectivity index (χ1n) is 9.44. The second-order valence-electron chi connectivity index (χ2n) is 6.53. The molecule has 0 aromatic carbocycles. The lowest BCUT2D eigenvalue weighted by Crippen LogP contribution is -2.52. The molecule has 148 valence electrons. The van der Waals surface area contributed by atoms with Gasteiger partial charge in [-0.15, -0.1) is 24.0 Å². The van der Waals surface area contributed by atoms with Gasteiger partial charge in [0.05, 0.1) is 6.20 Å². The molecule has 2 aromatic rings. The lowest BCUT2D eigenvalue weighted by molar-refractivity contribution is 0.371. The minimum Gasteiger partial charge on any atom is -0.357 e. The smallest absolute Gasteiger partial charge is 0.194 e. The summed E-state index contributed by atoms with van der Waals surface area (Å²) in [5.41, 5.74) is 1.20. The molecule has 1 fully saturated rings. The van der Waals surface area contributed by atoms with E-state index in [9.17, 15) is 0 Å². The van der Waals surface area contributed by atoms with E-state index in [1.54, 1.807) is 0 Å². The maximum Gasteiger partial charge on any atom is 0.194 e. The van der Waals surface area contributed by atoms with Crippen LogP contribution in [0, 0.1) is 6.92 Å². The van der Waals surface area contributed by atoms with Gasteiger partial charge < -0.3 is 15.1 Å². The SMILES string of the molecule is CCNC(=NCCCn1cc(C)cn1)N1CCN(c2ccccn2)CC1.I. The van der Waals surface area contributed by atoms with Gasteiger partial charge in [0.25, 0.3) is 0 Å². The van der Waals surface area contributed by atoms with Crippen LogP contribution >= 0.6 is 24.0 Å². The third-order valence-corrected chi connectivity index (χ3v) is 4.46. The van der Waals surface area contributed by atoms with E-state index in [4.69, 9.17) is 4.99 Å². The quantitative estimate of drug-likeness (QED) is 0.296. The maximum atomic E-state index is 4.81. The Balaban J connectivity index is 0.00000261. The van der Waals surface area contributed by atoms with Crippen molar-refractivity contribution >= 4 is 35.8 Å². The number of halogens is 1. The monoisotopic (exact) mass is 483 g/mol. The summed E-state index contributed by atoms with van der Waals surface area (Å²) in [6, 6.07) is 6.08. The average molecular weight is 483 g/mol. The van der Waals surface area contributed by atoms with Crippen LogP contribution in [0.15, 0.2) is 41.8 Å². The van der Waals surface area contributed by atoms with E-state index in [1.165, 1.54) is 5.56 Å². The number of nitrogens with zero attached hydrogens (tertiary/aromatic N) is 6. The van der Waals surface area contributed by atoms with Gasteiger partial charge in [-0.3, -0.25) is 9.67 Å². The molecule has 7 nitrogen and oxygen atoms in total. The number of hydrogen-bond acceptors (Lipinski definition) is 4. The van der Waals surface area contributed by atoms with Gasteiger partial charge in [0.15, 0.2) is 5.96 Å². The number of piperazine rings is 1. The van der Waals surface area contributed by atoms with Gasteiger partial charge in [0.2, 0.25) is 0 Å². The Morgan fingerprint density at radius 2 is 2.04 bits per heavy atom. The number of rotatable bonds is 6. The van der Waals surface area contributed by atoms with Gasteiger partial charge in [-0.25, -0.2) is 4.98 Å². The molecule has 0 atom stereocenters. The summed E-state index contributed by atoms with van der Waals surface area (Å²) >= 11 is 0. The molecule has 0 radical (unpaired) electrons. The van der Waals surface area contributed by atoms with Crippen LogP contribution in [0.5, 0.6) is 0 Å². The highest BCUT2D eigenvalue weighted by Gasteiger charge is 2.20. The highest BCUT2D eigenvalue weighted by atomic mass is 127. The van der Waals surface area contributed by atoms with Crippen molar-refractivity contribution in [2.45, 2.75) is 26.8 Å². The van der Waals surface area contributed by atoms with Crippen LogP contribution in [0.3, 0.4) is 0 Å². The van der Waals surface area contributed by atoms with E-state index in [2.05, 4.69) is 51.3 Å². The molecule has 27 heavy (non-hydrogen) atoms. The van der Waals surface area contributed by atoms with Gasteiger partial charge in [-0.1, -0.05) is 6.07 Å². The van der Waals surface area contributed by atoms with Gasteiger partial charge in [-0.2, -0.15) is 5.10 Å². The van der Waals surface area contributed by atoms with Crippen molar-refractivity contribution in [2.24, 2.45) is 4.99 Å². The molecule has 0 amide bonds. The van der Waals surface area contributed by atoms with E-state index in [0.717, 1.165) is 64.0 Å². The zero-order chi connectivity index (χ0) is 18.2. The highest BCUT2D eigenvalue weighted by molar-refractivity contribution is 14.0. The Labute approximate surface area is 178 Å². The van der Waals surface area contributed by atoms with Crippen molar-refractivity contribution in [3.05, 3.63) is 42.4 Å². The first kappa shape index (κ1) is 21.5. The number of pyridine rings is 1. The van der Waals surface area contributed by atoms with Crippen molar-refractivity contribution in [2.75, 3.05) is 44.2 Å². The van der Waals surface area contributed by atoms with Crippen molar-refractivity contribution in [3.63, 3.8) is 0 Å². The van der Waals surface area contributed by atoms with Crippen LogP contribution in [0.1, 0.15) is 18.9 Å². The molecule has 1 N–H and O–H groups in total. The second-order valence-corrected chi connectivity index (χ2v) is 6.53. The molecule has 3 heterocycles. The van der Waals surface area contributed by atoms with E-state index >= 15 is 0 Å². The molecule has 0 spiro atoms. The number of anilines is 1. The van der Waals surface area contributed by atoms with E-state index < -0.39 is 0 Å². The fourth-order valence-corrected chi connectivity index (χ4v) is 3.12. The zero-order valence-electron chi connectivity index (χ0n) is 16.2. The fourth-order valence-electron chi connectivity index (χ4n) is 3.12. The summed E-state index contributed by atoms with van der Waals surface area (Å²) in [7, 11) is 0. The average Bonchev–Trinajstić information content (AvgIpc) is 3.10. The summed E-state index contributed by atoms with van der Waals surface area (Å²) < 4.78 is 1.99. The van der Waals surface area contributed by atoms with Gasteiger partial charge in [0.1, 0.15) is 5.82 Å². The lowest BCUT2D eigenvalue weighted by atomic mass is 10.3. The molecular weight excluding hydrogens is 453 g/mol. The van der Waals surface area contributed by atoms with Crippen molar-refractivity contribution in [1.82, 2.24) is 25.0 Å². The topological polar surface area (TPSA) is 61.6 Å². The van der Waals surface area contributed by atoms with Crippen molar-refractivity contribution in [3.8, 4) is 0 Å². The Morgan fingerprint density at radius 3 is 2.67 bits per heavy atom. The highest BCUT2D eigenvalue weighted by Crippen LogP contribution is 2.12. The third kappa shape index (κ3) is 6.37. The van der Waals surface area contributed by atoms with E-state index in [0.29, 0.717) is 0 Å². The number of nitrogens with one attached hydrogen (secondary N) is 1. The maximum absolute atomic E-state index is 4.81. The summed E-state index contributed by atoms with van der Waals surface area (Å²) in [6.07, 6.45) is 6.82. The van der Waals surface area contributed by atoms with Gasteiger partial charge in [-0.05, 0) is 38.0 Å². The zero-order valence-corrected chi connectivity index (χ0v) is 18.5. The molecule has 1 aliphatic rings. The lowest BCUT2D eigenvalue weighted by Gasteiger charge is -2.37. The Kier molecular flexibility index (Phi) is 8.83. The van der Waals surface area contributed by atoms with Crippen LogP contribution in [-0.2, 0) is 6.54 Å². The standard InChI is InChI=1S/C19H29N7.HI/c1-3-20-19(22-9-6-10-26-16-17(2)15-23-26)25-13-11-24(12-14-25)18-7-4-5-8-21-18;/h4-5,7-8,15-16H,3,6,9-14H2,1-2H3,(H,20,22);1H. The van der Waals surface area contributed by atoms with Crippen LogP contribution in [0.25, 0.3) is 0 Å². The van der Waals surface area contributed by atoms with Crippen molar-refractivity contribution in [1.29, 1.82) is 0 Å². The Bertz CT molecular complexity index is 693. The number of aliphatic imine (C=N–C) groups is 1. The third-order valence-electron chi connectivity index (χ3n) is 4.46. The number of guanidine groups is 1. The number of aryl methyl sites for hydroxylation is 2. The summed E-state index contributed by atoms with van der Waals surface area (Å²) in [6.45, 7) is 10.6. The van der Waals surface area contributed by atoms with Crippen molar-refractivity contribution < 1.29 is 0 Å². The molecule has 3 rings (SSSR count). The van der Waals surface area contributed by atoms with Crippen LogP contribution in [0.2, 0.25) is 0 Å². The van der Waals surface area contributed by atoms with Crippen LogP contribution in [0.4, 0.5) is 5.82 Å². The molecule has 0 unspecified atom stereocenters. The Hall–Kier alpha value is -1.84. The minimum absolute atomic E-state index is 0. The first-order chi connectivity index (χ1) is 12.8. The predicted molar refractivity (Wildman–Crippen MR) is 121 cm³/mol. The van der Waals surface area contributed by atoms with Crippen LogP contribution in [-0.4, -0.2) is 64.9 Å². The van der Waals surface area contributed by atoms with Gasteiger partial charge >= 0.3 is 0 Å². The molecule has 1 aliphatic heterocycles. The molecule has 0 bridgehead atoms. The molecule has 0 saturated carbocycles. The number of aromatic nitrogens is 3. The number of hydrogen-bond donors (Lipinski definition) is 1. The molecule has 0 aliphatic carbocycles. The van der Waals surface area contributed by atoms with E-state index in [-0.39, 0.29) is 24.0 Å². The summed E-state index contributed by atoms with van der Waals surface area (Å²) in [5, 5.41) is 7.76. The second kappa shape index (κ2) is 11.1. The largest absolute Gasteiger partial charge is 0.357 e. The first-order valence-corrected chi connectivity index (χ1v) is 9.44. The predicted octanol–water partition coefficient (Wildman–Crippen LogP) is 2.38. The van der Waals surface area contributed by atoms with E-state index in [1.807, 2.05) is 29.2 Å². The Morgan fingerprint density at radius 1 is 1.22 bits per heavy atom. The summed E-state index contributed by atoms with van der Waals surface area (Å²) in [5.74, 6) is 2.08. The molecule has 8 heteroatoms. The van der Waals surface area contributed by atoms with Gasteiger partial charge in [0, 0.05) is 58.2 Å². The summed E-state index contributed by atoms with van der Waals surface area (Å²) in [4.78, 5) is 13.9. The molecule has 1 saturated heterocycles. The molecule has 2 aromatic heterocycles.